The van der Waals surface area contributed by atoms with Gasteiger partial charge in [-0.3, -0.25) is 4.68 Å². The zero-order valence-corrected chi connectivity index (χ0v) is 8.94. The minimum absolute atomic E-state index is 0.0745. The molecule has 1 aromatic heterocycles. The van der Waals surface area contributed by atoms with Gasteiger partial charge in [0.2, 0.25) is 0 Å². The smallest absolute Gasteiger partial charge is 0.116 e. The van der Waals surface area contributed by atoms with Crippen molar-refractivity contribution >= 4 is 10.9 Å². The quantitative estimate of drug-likeness (QED) is 0.773. The Balaban J connectivity index is 2.59. The molecule has 0 saturated carbocycles. The van der Waals surface area contributed by atoms with Gasteiger partial charge in [-0.15, -0.1) is 0 Å². The molecular weight excluding hydrogens is 190 g/mol. The van der Waals surface area contributed by atoms with Gasteiger partial charge in [-0.05, 0) is 25.1 Å². The van der Waals surface area contributed by atoms with Gasteiger partial charge in [0.15, 0.2) is 0 Å². The van der Waals surface area contributed by atoms with Crippen LogP contribution >= 0.6 is 0 Å². The molecule has 1 aromatic carbocycles. The average molecular weight is 205 g/mol. The van der Waals surface area contributed by atoms with Crippen LogP contribution in [-0.2, 0) is 13.5 Å². The van der Waals surface area contributed by atoms with E-state index in [0.29, 0.717) is 0 Å². The summed E-state index contributed by atoms with van der Waals surface area (Å²) in [6, 6.07) is 5.34. The summed E-state index contributed by atoms with van der Waals surface area (Å²) in [5, 5.41) is 14.8. The van der Waals surface area contributed by atoms with Crippen molar-refractivity contribution in [3.63, 3.8) is 0 Å². The molecule has 2 rings (SSSR count). The summed E-state index contributed by atoms with van der Waals surface area (Å²) in [7, 11) is 1.89. The third-order valence-electron chi connectivity index (χ3n) is 2.43. The first kappa shape index (κ1) is 9.98. The minimum Gasteiger partial charge on any atom is -0.508 e. The molecule has 0 fully saturated rings. The van der Waals surface area contributed by atoms with E-state index in [1.165, 1.54) is 0 Å². The second kappa shape index (κ2) is 3.55. The van der Waals surface area contributed by atoms with E-state index >= 15 is 0 Å². The molecule has 2 aromatic rings. The SMILES string of the molecule is CC(N)Cc1nn(C)c2ccc(O)cc12. The molecule has 1 heterocycles. The van der Waals surface area contributed by atoms with Crippen LogP contribution in [0, 0.1) is 0 Å². The van der Waals surface area contributed by atoms with Gasteiger partial charge in [-0.2, -0.15) is 5.10 Å². The van der Waals surface area contributed by atoms with Gasteiger partial charge in [0.1, 0.15) is 5.75 Å². The summed E-state index contributed by atoms with van der Waals surface area (Å²) < 4.78 is 1.81. The van der Waals surface area contributed by atoms with Gasteiger partial charge in [0.05, 0.1) is 11.2 Å². The molecule has 0 spiro atoms. The number of hydrogen-bond donors (Lipinski definition) is 2. The van der Waals surface area contributed by atoms with E-state index in [-0.39, 0.29) is 11.8 Å². The van der Waals surface area contributed by atoms with Gasteiger partial charge >= 0.3 is 0 Å². The Morgan fingerprint density at radius 3 is 2.93 bits per heavy atom. The summed E-state index contributed by atoms with van der Waals surface area (Å²) >= 11 is 0. The van der Waals surface area contributed by atoms with E-state index in [0.717, 1.165) is 23.0 Å². The number of nitrogens with zero attached hydrogens (tertiary/aromatic N) is 2. The highest BCUT2D eigenvalue weighted by molar-refractivity contribution is 5.83. The Hall–Kier alpha value is -1.55. The topological polar surface area (TPSA) is 64.1 Å². The van der Waals surface area contributed by atoms with Crippen molar-refractivity contribution in [3.05, 3.63) is 23.9 Å². The summed E-state index contributed by atoms with van der Waals surface area (Å²) in [4.78, 5) is 0. The van der Waals surface area contributed by atoms with Gasteiger partial charge in [-0.1, -0.05) is 0 Å². The van der Waals surface area contributed by atoms with Crippen LogP contribution < -0.4 is 5.73 Å². The Labute approximate surface area is 88.3 Å². The average Bonchev–Trinajstić information content (AvgIpc) is 2.42. The molecule has 4 heteroatoms. The molecule has 0 aliphatic carbocycles. The number of fused-ring (bicyclic) bond motifs is 1. The number of aryl methyl sites for hydroxylation is 1. The first-order chi connectivity index (χ1) is 7.08. The number of hydrogen-bond acceptors (Lipinski definition) is 3. The maximum Gasteiger partial charge on any atom is 0.116 e. The molecule has 3 N–H and O–H groups in total. The molecule has 0 aliphatic rings. The number of aromatic hydroxyl groups is 1. The zero-order valence-electron chi connectivity index (χ0n) is 8.94. The van der Waals surface area contributed by atoms with Crippen LogP contribution in [0.3, 0.4) is 0 Å². The number of aromatic nitrogens is 2. The van der Waals surface area contributed by atoms with Crippen LogP contribution in [0.2, 0.25) is 0 Å². The molecule has 0 amide bonds. The van der Waals surface area contributed by atoms with Crippen LogP contribution in [0.4, 0.5) is 0 Å². The minimum atomic E-state index is 0.0745. The van der Waals surface area contributed by atoms with Crippen LogP contribution in [0.1, 0.15) is 12.6 Å². The maximum atomic E-state index is 9.43. The fraction of sp³-hybridized carbons (Fsp3) is 0.364. The third kappa shape index (κ3) is 1.80. The second-order valence-electron chi connectivity index (χ2n) is 3.95. The van der Waals surface area contributed by atoms with Gasteiger partial charge in [-0.25, -0.2) is 0 Å². The van der Waals surface area contributed by atoms with Crippen molar-refractivity contribution in [3.8, 4) is 5.75 Å². The van der Waals surface area contributed by atoms with E-state index in [1.807, 2.05) is 24.7 Å². The lowest BCUT2D eigenvalue weighted by atomic mass is 10.1. The van der Waals surface area contributed by atoms with Crippen LogP contribution in [0.25, 0.3) is 10.9 Å². The lowest BCUT2D eigenvalue weighted by molar-refractivity contribution is 0.476. The van der Waals surface area contributed by atoms with Crippen molar-refractivity contribution in [2.75, 3.05) is 0 Å². The largest absolute Gasteiger partial charge is 0.508 e. The van der Waals surface area contributed by atoms with Crippen LogP contribution in [0.15, 0.2) is 18.2 Å². The summed E-state index contributed by atoms with van der Waals surface area (Å²) in [6.07, 6.45) is 0.723. The van der Waals surface area contributed by atoms with Crippen LogP contribution in [0.5, 0.6) is 5.75 Å². The van der Waals surface area contributed by atoms with Gasteiger partial charge < -0.3 is 10.8 Å². The number of rotatable bonds is 2. The third-order valence-corrected chi connectivity index (χ3v) is 2.43. The lowest BCUT2D eigenvalue weighted by Gasteiger charge is -2.01. The van der Waals surface area contributed by atoms with Crippen molar-refractivity contribution in [1.82, 2.24) is 9.78 Å². The molecule has 0 bridgehead atoms. The number of phenols is 1. The summed E-state index contributed by atoms with van der Waals surface area (Å²) in [5.41, 5.74) is 7.71. The Kier molecular flexibility index (Phi) is 2.36. The van der Waals surface area contributed by atoms with Crippen LogP contribution in [-0.4, -0.2) is 20.9 Å². The lowest BCUT2D eigenvalue weighted by Crippen LogP contribution is -2.18. The van der Waals surface area contributed by atoms with E-state index in [2.05, 4.69) is 5.10 Å². The molecular formula is C11H15N3O. The fourth-order valence-electron chi connectivity index (χ4n) is 1.78. The van der Waals surface area contributed by atoms with Gasteiger partial charge in [0, 0.05) is 24.9 Å². The van der Waals surface area contributed by atoms with E-state index in [1.54, 1.807) is 12.1 Å². The molecule has 1 unspecified atom stereocenters. The highest BCUT2D eigenvalue weighted by Crippen LogP contribution is 2.23. The summed E-state index contributed by atoms with van der Waals surface area (Å²) in [6.45, 7) is 1.95. The van der Waals surface area contributed by atoms with E-state index in [9.17, 15) is 5.11 Å². The van der Waals surface area contributed by atoms with Crippen molar-refractivity contribution < 1.29 is 5.11 Å². The molecule has 0 aliphatic heterocycles. The molecule has 4 nitrogen and oxygen atoms in total. The molecule has 0 saturated heterocycles. The molecule has 15 heavy (non-hydrogen) atoms. The molecule has 80 valence electrons. The monoisotopic (exact) mass is 205 g/mol. The predicted molar refractivity (Wildman–Crippen MR) is 59.7 cm³/mol. The number of phenolic OH excluding ortho intramolecular Hbond substituents is 1. The predicted octanol–water partition coefficient (Wildman–Crippen LogP) is 1.17. The Bertz CT molecular complexity index is 488. The van der Waals surface area contributed by atoms with Crippen molar-refractivity contribution in [2.24, 2.45) is 12.8 Å². The molecule has 0 radical (unpaired) electrons. The normalized spacial score (nSPS) is 13.3. The highest BCUT2D eigenvalue weighted by atomic mass is 16.3. The first-order valence-corrected chi connectivity index (χ1v) is 4.98. The first-order valence-electron chi connectivity index (χ1n) is 4.98. The summed E-state index contributed by atoms with van der Waals surface area (Å²) in [5.74, 6) is 0.265. The number of benzene rings is 1. The fourth-order valence-corrected chi connectivity index (χ4v) is 1.78. The molecule has 1 atom stereocenters. The van der Waals surface area contributed by atoms with Crippen molar-refractivity contribution in [2.45, 2.75) is 19.4 Å². The second-order valence-corrected chi connectivity index (χ2v) is 3.95. The zero-order chi connectivity index (χ0) is 11.0. The van der Waals surface area contributed by atoms with Crippen molar-refractivity contribution in [1.29, 1.82) is 0 Å². The van der Waals surface area contributed by atoms with E-state index in [4.69, 9.17) is 5.73 Å². The highest BCUT2D eigenvalue weighted by Gasteiger charge is 2.10. The Morgan fingerprint density at radius 2 is 2.27 bits per heavy atom. The number of nitrogens with two attached hydrogens (primary N) is 1. The Morgan fingerprint density at radius 1 is 1.53 bits per heavy atom. The van der Waals surface area contributed by atoms with Gasteiger partial charge in [0.25, 0.3) is 0 Å². The standard InChI is InChI=1S/C11H15N3O/c1-7(12)5-10-9-6-8(15)3-4-11(9)14(2)13-10/h3-4,6-7,15H,5,12H2,1-2H3. The maximum absolute atomic E-state index is 9.43. The van der Waals surface area contributed by atoms with E-state index < -0.39 is 0 Å².